The molecule has 0 amide bonds. The van der Waals surface area contributed by atoms with Gasteiger partial charge in [0.15, 0.2) is 6.29 Å². The van der Waals surface area contributed by atoms with Gasteiger partial charge < -0.3 is 19.7 Å². The first-order valence-corrected chi connectivity index (χ1v) is 4.32. The molecule has 0 aromatic carbocycles. The highest BCUT2D eigenvalue weighted by Gasteiger charge is 2.42. The summed E-state index contributed by atoms with van der Waals surface area (Å²) in [5.41, 5.74) is 0. The van der Waals surface area contributed by atoms with E-state index in [1.54, 1.807) is 6.08 Å². The van der Waals surface area contributed by atoms with Crippen LogP contribution in [0.4, 0.5) is 0 Å². The fourth-order valence-electron chi connectivity index (χ4n) is 1.61. The first kappa shape index (κ1) is 10.7. The number of aliphatic hydroxyl groups excluding tert-OH is 2. The Bertz CT molecular complexity index is 169. The van der Waals surface area contributed by atoms with Crippen LogP contribution in [0, 0.1) is 5.92 Å². The summed E-state index contributed by atoms with van der Waals surface area (Å²) in [6.45, 7) is 3.41. The maximum atomic E-state index is 9.67. The molecule has 0 aliphatic carbocycles. The first-order valence-electron chi connectivity index (χ1n) is 4.32. The second-order valence-corrected chi connectivity index (χ2v) is 3.14. The molecule has 4 atom stereocenters. The van der Waals surface area contributed by atoms with E-state index in [-0.39, 0.29) is 12.5 Å². The summed E-state index contributed by atoms with van der Waals surface area (Å²) in [5, 5.41) is 18.5. The maximum Gasteiger partial charge on any atom is 0.163 e. The van der Waals surface area contributed by atoms with Crippen LogP contribution in [-0.4, -0.2) is 42.4 Å². The quantitative estimate of drug-likeness (QED) is 0.605. The number of hydrogen-bond acceptors (Lipinski definition) is 4. The fraction of sp³-hybridized carbons (Fsp3) is 0.778. The van der Waals surface area contributed by atoms with E-state index >= 15 is 0 Å². The summed E-state index contributed by atoms with van der Waals surface area (Å²) in [6.07, 6.45) is 0.687. The van der Waals surface area contributed by atoms with Crippen molar-refractivity contribution in [1.82, 2.24) is 0 Å². The fourth-order valence-corrected chi connectivity index (χ4v) is 1.61. The van der Waals surface area contributed by atoms with E-state index in [2.05, 4.69) is 6.58 Å². The second kappa shape index (κ2) is 4.72. The van der Waals surface area contributed by atoms with Gasteiger partial charge in [0, 0.05) is 13.0 Å². The minimum atomic E-state index is -0.673. The summed E-state index contributed by atoms with van der Waals surface area (Å²) in [4.78, 5) is 0. The molecule has 1 fully saturated rings. The van der Waals surface area contributed by atoms with Gasteiger partial charge in [-0.1, -0.05) is 6.08 Å². The van der Waals surface area contributed by atoms with E-state index in [9.17, 15) is 5.11 Å². The van der Waals surface area contributed by atoms with Crippen LogP contribution in [-0.2, 0) is 9.47 Å². The molecule has 1 rings (SSSR count). The number of ether oxygens (including phenoxy) is 2. The number of aliphatic hydroxyl groups is 2. The van der Waals surface area contributed by atoms with Gasteiger partial charge in [-0.3, -0.25) is 0 Å². The smallest absolute Gasteiger partial charge is 0.163 e. The third-order valence-corrected chi connectivity index (χ3v) is 2.33. The Morgan fingerprint density at radius 1 is 1.62 bits per heavy atom. The molecule has 2 N–H and O–H groups in total. The van der Waals surface area contributed by atoms with Gasteiger partial charge in [0.1, 0.15) is 6.10 Å². The summed E-state index contributed by atoms with van der Waals surface area (Å²) in [6, 6.07) is 0. The molecule has 0 aromatic heterocycles. The molecule has 0 bridgehead atoms. The molecule has 4 heteroatoms. The highest BCUT2D eigenvalue weighted by molar-refractivity contribution is 4.90. The number of rotatable bonds is 4. The Kier molecular flexibility index (Phi) is 3.87. The van der Waals surface area contributed by atoms with Gasteiger partial charge in [0.05, 0.1) is 12.7 Å². The van der Waals surface area contributed by atoms with E-state index in [1.165, 1.54) is 7.11 Å². The molecule has 0 radical (unpaired) electrons. The lowest BCUT2D eigenvalue weighted by Crippen LogP contribution is -2.29. The SMILES string of the molecule is C=CC[C@@H]1C(OC)O[C@H](CO)[C@H]1O. The van der Waals surface area contributed by atoms with Crippen molar-refractivity contribution in [3.63, 3.8) is 0 Å². The minimum absolute atomic E-state index is 0.125. The molecule has 1 saturated heterocycles. The number of hydrogen-bond donors (Lipinski definition) is 2. The van der Waals surface area contributed by atoms with Crippen LogP contribution in [0.5, 0.6) is 0 Å². The van der Waals surface area contributed by atoms with E-state index in [0.717, 1.165) is 0 Å². The normalized spacial score (nSPS) is 39.3. The van der Waals surface area contributed by atoms with Crippen LogP contribution in [0.1, 0.15) is 6.42 Å². The molecule has 0 saturated carbocycles. The van der Waals surface area contributed by atoms with Gasteiger partial charge in [0.25, 0.3) is 0 Å². The topological polar surface area (TPSA) is 58.9 Å². The highest BCUT2D eigenvalue weighted by atomic mass is 16.7. The summed E-state index contributed by atoms with van der Waals surface area (Å²) in [5.74, 6) is -0.125. The Morgan fingerprint density at radius 2 is 2.31 bits per heavy atom. The molecular formula is C9H16O4. The van der Waals surface area contributed by atoms with Crippen molar-refractivity contribution in [2.45, 2.75) is 24.9 Å². The van der Waals surface area contributed by atoms with Crippen LogP contribution < -0.4 is 0 Å². The third-order valence-electron chi connectivity index (χ3n) is 2.33. The third kappa shape index (κ3) is 2.08. The average molecular weight is 188 g/mol. The van der Waals surface area contributed by atoms with Crippen LogP contribution in [0.3, 0.4) is 0 Å². The lowest BCUT2D eigenvalue weighted by molar-refractivity contribution is -0.138. The van der Waals surface area contributed by atoms with Crippen molar-refractivity contribution in [3.05, 3.63) is 12.7 Å². The van der Waals surface area contributed by atoms with E-state index in [4.69, 9.17) is 14.6 Å². The van der Waals surface area contributed by atoms with E-state index < -0.39 is 18.5 Å². The molecule has 0 spiro atoms. The van der Waals surface area contributed by atoms with Gasteiger partial charge in [-0.05, 0) is 6.42 Å². The van der Waals surface area contributed by atoms with Crippen molar-refractivity contribution >= 4 is 0 Å². The number of methoxy groups -OCH3 is 1. The van der Waals surface area contributed by atoms with Crippen molar-refractivity contribution in [1.29, 1.82) is 0 Å². The molecule has 76 valence electrons. The molecule has 0 aromatic rings. The van der Waals surface area contributed by atoms with Crippen LogP contribution in [0.2, 0.25) is 0 Å². The van der Waals surface area contributed by atoms with Crippen molar-refractivity contribution in [2.75, 3.05) is 13.7 Å². The van der Waals surface area contributed by atoms with Gasteiger partial charge in [0.2, 0.25) is 0 Å². The standard InChI is InChI=1S/C9H16O4/c1-3-4-6-8(11)7(5-10)13-9(6)12-2/h3,6-11H,1,4-5H2,2H3/t6-,7+,8-,9?/m0/s1. The predicted molar refractivity (Wildman–Crippen MR) is 47.1 cm³/mol. The van der Waals surface area contributed by atoms with Gasteiger partial charge in [-0.2, -0.15) is 0 Å². The zero-order valence-corrected chi connectivity index (χ0v) is 7.72. The van der Waals surface area contributed by atoms with Crippen LogP contribution in [0.15, 0.2) is 12.7 Å². The second-order valence-electron chi connectivity index (χ2n) is 3.14. The summed E-state index contributed by atoms with van der Waals surface area (Å²) >= 11 is 0. The van der Waals surface area contributed by atoms with Crippen LogP contribution in [0.25, 0.3) is 0 Å². The molecule has 13 heavy (non-hydrogen) atoms. The highest BCUT2D eigenvalue weighted by Crippen LogP contribution is 2.30. The van der Waals surface area contributed by atoms with Crippen LogP contribution >= 0.6 is 0 Å². The lowest BCUT2D eigenvalue weighted by Gasteiger charge is -2.16. The molecule has 4 nitrogen and oxygen atoms in total. The monoisotopic (exact) mass is 188 g/mol. The van der Waals surface area contributed by atoms with Gasteiger partial charge >= 0.3 is 0 Å². The Labute approximate surface area is 77.8 Å². The average Bonchev–Trinajstić information content (AvgIpc) is 2.45. The zero-order chi connectivity index (χ0) is 9.84. The Balaban J connectivity index is 2.61. The van der Waals surface area contributed by atoms with Gasteiger partial charge in [-0.15, -0.1) is 6.58 Å². The Hall–Kier alpha value is -0.420. The molecule has 1 unspecified atom stereocenters. The minimum Gasteiger partial charge on any atom is -0.394 e. The molecule has 1 heterocycles. The van der Waals surface area contributed by atoms with Crippen molar-refractivity contribution in [3.8, 4) is 0 Å². The van der Waals surface area contributed by atoms with E-state index in [0.29, 0.717) is 6.42 Å². The van der Waals surface area contributed by atoms with Crippen molar-refractivity contribution < 1.29 is 19.7 Å². The predicted octanol–water partition coefficient (Wildman–Crippen LogP) is -0.0968. The Morgan fingerprint density at radius 3 is 2.77 bits per heavy atom. The van der Waals surface area contributed by atoms with E-state index in [1.807, 2.05) is 0 Å². The molecular weight excluding hydrogens is 172 g/mol. The zero-order valence-electron chi connectivity index (χ0n) is 7.72. The number of allylic oxidation sites excluding steroid dienone is 1. The summed E-state index contributed by atoms with van der Waals surface area (Å²) in [7, 11) is 1.52. The molecule has 1 aliphatic rings. The largest absolute Gasteiger partial charge is 0.394 e. The maximum absolute atomic E-state index is 9.67. The molecule has 1 aliphatic heterocycles. The van der Waals surface area contributed by atoms with Crippen molar-refractivity contribution in [2.24, 2.45) is 5.92 Å². The first-order chi connectivity index (χ1) is 6.24. The lowest BCUT2D eigenvalue weighted by atomic mass is 9.97. The van der Waals surface area contributed by atoms with Gasteiger partial charge in [-0.25, -0.2) is 0 Å². The summed E-state index contributed by atoms with van der Waals surface area (Å²) < 4.78 is 10.3.